The second-order valence-electron chi connectivity index (χ2n) is 4.03. The fourth-order valence-corrected chi connectivity index (χ4v) is 2.72. The summed E-state index contributed by atoms with van der Waals surface area (Å²) >= 11 is 7.09. The van der Waals surface area contributed by atoms with Gasteiger partial charge in [0.1, 0.15) is 10.1 Å². The van der Waals surface area contributed by atoms with Crippen molar-refractivity contribution in [1.82, 2.24) is 9.97 Å². The van der Waals surface area contributed by atoms with Gasteiger partial charge in [-0.05, 0) is 37.6 Å². The normalized spacial score (nSPS) is 10.5. The van der Waals surface area contributed by atoms with Crippen LogP contribution in [0.25, 0.3) is 0 Å². The van der Waals surface area contributed by atoms with Gasteiger partial charge in [0.2, 0.25) is 0 Å². The molecule has 0 saturated heterocycles. The van der Waals surface area contributed by atoms with E-state index in [1.165, 1.54) is 24.0 Å². The lowest BCUT2D eigenvalue weighted by molar-refractivity contribution is 0.0696. The van der Waals surface area contributed by atoms with Crippen molar-refractivity contribution < 1.29 is 9.90 Å². The summed E-state index contributed by atoms with van der Waals surface area (Å²) < 4.78 is 0. The molecule has 4 nitrogen and oxygen atoms in total. The van der Waals surface area contributed by atoms with E-state index < -0.39 is 5.97 Å². The second kappa shape index (κ2) is 5.59. The number of pyridine rings is 2. The van der Waals surface area contributed by atoms with Gasteiger partial charge in [-0.2, -0.15) is 0 Å². The van der Waals surface area contributed by atoms with Crippen molar-refractivity contribution >= 4 is 29.3 Å². The van der Waals surface area contributed by atoms with E-state index in [-0.39, 0.29) is 10.6 Å². The van der Waals surface area contributed by atoms with Crippen molar-refractivity contribution in [2.75, 3.05) is 0 Å². The summed E-state index contributed by atoms with van der Waals surface area (Å²) in [5, 5.41) is 10.5. The first-order valence-corrected chi connectivity index (χ1v) is 6.67. The van der Waals surface area contributed by atoms with Crippen molar-refractivity contribution in [1.29, 1.82) is 0 Å². The minimum absolute atomic E-state index is 0.0449. The zero-order valence-electron chi connectivity index (χ0n) is 10.3. The minimum atomic E-state index is -1.07. The predicted molar refractivity (Wildman–Crippen MR) is 74.0 cm³/mol. The number of aromatic carboxylic acids is 1. The van der Waals surface area contributed by atoms with E-state index in [4.69, 9.17) is 16.7 Å². The quantitative estimate of drug-likeness (QED) is 0.937. The van der Waals surface area contributed by atoms with Crippen LogP contribution in [0.1, 0.15) is 21.6 Å². The van der Waals surface area contributed by atoms with Crippen LogP contribution in [-0.2, 0) is 0 Å². The highest BCUT2D eigenvalue weighted by atomic mass is 35.5. The number of nitrogens with zero attached hydrogens (tertiary/aromatic N) is 2. The summed E-state index contributed by atoms with van der Waals surface area (Å²) in [6.45, 7) is 3.89. The van der Waals surface area contributed by atoms with E-state index in [1.54, 1.807) is 0 Å². The largest absolute Gasteiger partial charge is 0.478 e. The van der Waals surface area contributed by atoms with Crippen LogP contribution >= 0.6 is 23.4 Å². The number of carboxylic acid groups (broad SMARTS) is 1. The lowest BCUT2D eigenvalue weighted by Crippen LogP contribution is -1.99. The average Bonchev–Trinajstić information content (AvgIpc) is 2.30. The third-order valence-electron chi connectivity index (χ3n) is 2.34. The Kier molecular flexibility index (Phi) is 4.07. The molecule has 2 aromatic heterocycles. The molecule has 19 heavy (non-hydrogen) atoms. The average molecular weight is 295 g/mol. The first-order valence-electron chi connectivity index (χ1n) is 5.47. The SMILES string of the molecule is Cc1cc(C)nc(Sc2cc(C(=O)O)c(Cl)cn2)c1. The Balaban J connectivity index is 2.33. The van der Waals surface area contributed by atoms with Crippen LogP contribution in [0.3, 0.4) is 0 Å². The zero-order valence-corrected chi connectivity index (χ0v) is 11.9. The van der Waals surface area contributed by atoms with Gasteiger partial charge in [-0.25, -0.2) is 14.8 Å². The molecular formula is C13H11ClN2O2S. The van der Waals surface area contributed by atoms with E-state index in [2.05, 4.69) is 9.97 Å². The van der Waals surface area contributed by atoms with Gasteiger partial charge in [-0.3, -0.25) is 0 Å². The summed E-state index contributed by atoms with van der Waals surface area (Å²) in [4.78, 5) is 19.5. The summed E-state index contributed by atoms with van der Waals surface area (Å²) in [7, 11) is 0. The van der Waals surface area contributed by atoms with Gasteiger partial charge in [0.25, 0.3) is 0 Å². The molecule has 98 valence electrons. The molecule has 0 aromatic carbocycles. The minimum Gasteiger partial charge on any atom is -0.478 e. The van der Waals surface area contributed by atoms with Gasteiger partial charge in [-0.15, -0.1) is 0 Å². The summed E-state index contributed by atoms with van der Waals surface area (Å²) in [6.07, 6.45) is 1.34. The van der Waals surface area contributed by atoms with Crippen molar-refractivity contribution in [3.8, 4) is 0 Å². The van der Waals surface area contributed by atoms with Gasteiger partial charge in [0.15, 0.2) is 0 Å². The topological polar surface area (TPSA) is 63.1 Å². The molecule has 0 amide bonds. The molecule has 0 radical (unpaired) electrons. The molecule has 2 heterocycles. The number of aromatic nitrogens is 2. The molecule has 2 aromatic rings. The molecule has 2 rings (SSSR count). The number of rotatable bonds is 3. The monoisotopic (exact) mass is 294 g/mol. The Hall–Kier alpha value is -1.59. The van der Waals surface area contributed by atoms with Crippen molar-refractivity contribution in [2.24, 2.45) is 0 Å². The van der Waals surface area contributed by atoms with Crippen molar-refractivity contribution in [2.45, 2.75) is 23.9 Å². The van der Waals surface area contributed by atoms with Crippen LogP contribution in [0.5, 0.6) is 0 Å². The first kappa shape index (κ1) is 13.8. The maximum absolute atomic E-state index is 11.0. The number of halogens is 1. The molecule has 0 aliphatic rings. The Morgan fingerprint density at radius 2 is 2.00 bits per heavy atom. The molecule has 0 aliphatic heterocycles. The lowest BCUT2D eigenvalue weighted by Gasteiger charge is -2.05. The first-order chi connectivity index (χ1) is 8.95. The van der Waals surface area contributed by atoms with Gasteiger partial charge in [0, 0.05) is 11.9 Å². The van der Waals surface area contributed by atoms with Crippen molar-refractivity contribution in [3.05, 3.63) is 46.2 Å². The van der Waals surface area contributed by atoms with E-state index in [1.807, 2.05) is 26.0 Å². The molecule has 0 aliphatic carbocycles. The van der Waals surface area contributed by atoms with Crippen LogP contribution in [0, 0.1) is 13.8 Å². The third kappa shape index (κ3) is 3.45. The lowest BCUT2D eigenvalue weighted by atomic mass is 10.3. The molecule has 1 N–H and O–H groups in total. The summed E-state index contributed by atoms with van der Waals surface area (Å²) in [5.74, 6) is -1.07. The number of hydrogen-bond acceptors (Lipinski definition) is 4. The molecule has 0 bridgehead atoms. The van der Waals surface area contributed by atoms with Crippen LogP contribution in [0.4, 0.5) is 0 Å². The van der Waals surface area contributed by atoms with E-state index in [9.17, 15) is 4.79 Å². The Morgan fingerprint density at radius 1 is 1.26 bits per heavy atom. The van der Waals surface area contributed by atoms with Gasteiger partial charge >= 0.3 is 5.97 Å². The Labute approximate surface area is 119 Å². The van der Waals surface area contributed by atoms with Crippen LogP contribution in [0.2, 0.25) is 5.02 Å². The highest BCUT2D eigenvalue weighted by Gasteiger charge is 2.11. The van der Waals surface area contributed by atoms with E-state index in [0.29, 0.717) is 5.03 Å². The van der Waals surface area contributed by atoms with Gasteiger partial charge in [-0.1, -0.05) is 23.4 Å². The van der Waals surface area contributed by atoms with Crippen LogP contribution in [0.15, 0.2) is 34.4 Å². The zero-order chi connectivity index (χ0) is 14.0. The van der Waals surface area contributed by atoms with Crippen LogP contribution < -0.4 is 0 Å². The Morgan fingerprint density at radius 3 is 2.63 bits per heavy atom. The molecule has 0 unspecified atom stereocenters. The van der Waals surface area contributed by atoms with Gasteiger partial charge < -0.3 is 5.11 Å². The Bertz CT molecular complexity index is 626. The molecule has 6 heteroatoms. The maximum atomic E-state index is 11.0. The molecule has 0 atom stereocenters. The van der Waals surface area contributed by atoms with Gasteiger partial charge in [0.05, 0.1) is 10.6 Å². The molecule has 0 saturated carbocycles. The third-order valence-corrected chi connectivity index (χ3v) is 3.50. The maximum Gasteiger partial charge on any atom is 0.337 e. The summed E-state index contributed by atoms with van der Waals surface area (Å²) in [5.41, 5.74) is 2.06. The van der Waals surface area contributed by atoms with Crippen molar-refractivity contribution in [3.63, 3.8) is 0 Å². The van der Waals surface area contributed by atoms with E-state index >= 15 is 0 Å². The number of aryl methyl sites for hydroxylation is 2. The second-order valence-corrected chi connectivity index (χ2v) is 5.48. The summed E-state index contributed by atoms with van der Waals surface area (Å²) in [6, 6.07) is 5.35. The fourth-order valence-electron chi connectivity index (χ4n) is 1.60. The fraction of sp³-hybridized carbons (Fsp3) is 0.154. The van der Waals surface area contributed by atoms with Crippen LogP contribution in [-0.4, -0.2) is 21.0 Å². The number of hydrogen-bond donors (Lipinski definition) is 1. The number of carboxylic acids is 1. The smallest absolute Gasteiger partial charge is 0.337 e. The number of carbonyl (C=O) groups is 1. The molecule has 0 fully saturated rings. The molecular weight excluding hydrogens is 284 g/mol. The predicted octanol–water partition coefficient (Wildman–Crippen LogP) is 3.60. The van der Waals surface area contributed by atoms with E-state index in [0.717, 1.165) is 16.3 Å². The molecule has 0 spiro atoms. The standard InChI is InChI=1S/C13H11ClN2O2S/c1-7-3-8(2)16-12(4-7)19-11-5-9(13(17)18)10(14)6-15-11/h3-6H,1-2H3,(H,17,18). The highest BCUT2D eigenvalue weighted by molar-refractivity contribution is 7.99. The highest BCUT2D eigenvalue weighted by Crippen LogP contribution is 2.28.